The Kier molecular flexibility index (Phi) is 4.42. The van der Waals surface area contributed by atoms with E-state index < -0.39 is 0 Å². The average Bonchev–Trinajstić information content (AvgIpc) is 2.46. The Balaban J connectivity index is 2.34. The van der Waals surface area contributed by atoms with E-state index in [0.717, 1.165) is 36.6 Å². The van der Waals surface area contributed by atoms with Gasteiger partial charge >= 0.3 is 0 Å². The number of rotatable bonds is 4. The number of hydrogen-bond donors (Lipinski definition) is 2. The summed E-state index contributed by atoms with van der Waals surface area (Å²) in [6, 6.07) is 0. The van der Waals surface area contributed by atoms with E-state index in [1.807, 2.05) is 7.05 Å². The van der Waals surface area contributed by atoms with Crippen LogP contribution >= 0.6 is 0 Å². The van der Waals surface area contributed by atoms with Gasteiger partial charge in [0.25, 0.3) is 0 Å². The van der Waals surface area contributed by atoms with Gasteiger partial charge in [0.05, 0.1) is 5.92 Å². The predicted molar refractivity (Wildman–Crippen MR) is 79.8 cm³/mol. The van der Waals surface area contributed by atoms with E-state index in [0.29, 0.717) is 12.5 Å². The van der Waals surface area contributed by atoms with Crippen LogP contribution in [-0.2, 0) is 4.79 Å². The number of anilines is 2. The van der Waals surface area contributed by atoms with Crippen molar-refractivity contribution in [2.45, 2.75) is 32.6 Å². The van der Waals surface area contributed by atoms with Crippen LogP contribution in [0.25, 0.3) is 0 Å². The van der Waals surface area contributed by atoms with Crippen molar-refractivity contribution in [2.75, 3.05) is 30.4 Å². The molecule has 0 saturated carbocycles. The van der Waals surface area contributed by atoms with Crippen LogP contribution in [0.15, 0.2) is 6.33 Å². The lowest BCUT2D eigenvalue weighted by molar-refractivity contribution is -0.122. The zero-order valence-electron chi connectivity index (χ0n) is 12.4. The van der Waals surface area contributed by atoms with Crippen molar-refractivity contribution in [3.63, 3.8) is 0 Å². The normalized spacial score (nSPS) is 19.2. The van der Waals surface area contributed by atoms with Crippen LogP contribution in [0.4, 0.5) is 11.6 Å². The summed E-state index contributed by atoms with van der Waals surface area (Å²) in [4.78, 5) is 22.3. The van der Waals surface area contributed by atoms with Gasteiger partial charge in [-0.05, 0) is 18.8 Å². The van der Waals surface area contributed by atoms with Crippen LogP contribution in [0.3, 0.4) is 0 Å². The molecule has 1 amide bonds. The maximum atomic E-state index is 11.4. The largest absolute Gasteiger partial charge is 0.373 e. The molecular weight excluding hydrogens is 254 g/mol. The molecule has 1 unspecified atom stereocenters. The molecule has 0 radical (unpaired) electrons. The molecule has 0 spiro atoms. The lowest BCUT2D eigenvalue weighted by Gasteiger charge is -2.34. The molecule has 6 heteroatoms. The summed E-state index contributed by atoms with van der Waals surface area (Å²) in [5.74, 6) is 1.78. The number of carbonyl (C=O) groups is 1. The highest BCUT2D eigenvalue weighted by molar-refractivity contribution is 5.77. The Morgan fingerprint density at radius 1 is 1.50 bits per heavy atom. The van der Waals surface area contributed by atoms with Crippen LogP contribution in [0.1, 0.15) is 38.2 Å². The third-order valence-electron chi connectivity index (χ3n) is 3.80. The molecule has 2 rings (SSSR count). The summed E-state index contributed by atoms with van der Waals surface area (Å²) in [6.45, 7) is 5.80. The number of piperidine rings is 1. The van der Waals surface area contributed by atoms with Gasteiger partial charge in [0, 0.05) is 25.7 Å². The predicted octanol–water partition coefficient (Wildman–Crippen LogP) is 1.34. The van der Waals surface area contributed by atoms with Gasteiger partial charge in [-0.15, -0.1) is 0 Å². The molecule has 3 N–H and O–H groups in total. The maximum absolute atomic E-state index is 11.4. The molecule has 1 aliphatic rings. The first-order chi connectivity index (χ1) is 9.54. The number of nitrogens with two attached hydrogens (primary N) is 1. The van der Waals surface area contributed by atoms with Gasteiger partial charge < -0.3 is 16.0 Å². The molecule has 1 aromatic rings. The fourth-order valence-electron chi connectivity index (χ4n) is 2.77. The molecule has 1 atom stereocenters. The van der Waals surface area contributed by atoms with Gasteiger partial charge in [0.15, 0.2) is 0 Å². The van der Waals surface area contributed by atoms with Gasteiger partial charge in [0.1, 0.15) is 18.0 Å². The van der Waals surface area contributed by atoms with Crippen LogP contribution in [0.5, 0.6) is 0 Å². The van der Waals surface area contributed by atoms with E-state index in [-0.39, 0.29) is 11.8 Å². The molecule has 1 fully saturated rings. The Labute approximate surface area is 119 Å². The summed E-state index contributed by atoms with van der Waals surface area (Å²) in [5.41, 5.74) is 6.55. The molecule has 20 heavy (non-hydrogen) atoms. The molecule has 2 heterocycles. The van der Waals surface area contributed by atoms with Crippen LogP contribution in [0, 0.1) is 5.92 Å². The third-order valence-corrected chi connectivity index (χ3v) is 3.80. The minimum atomic E-state index is -0.219. The molecule has 1 aromatic heterocycles. The Bertz CT molecular complexity index is 488. The van der Waals surface area contributed by atoms with Crippen molar-refractivity contribution in [1.82, 2.24) is 9.97 Å². The standard InChI is InChI=1S/C14H23N5O/c1-9(2)11-13(16-3)17-8-18-14(11)19-6-4-5-10(7-19)12(15)20/h8-10H,4-7H2,1-3H3,(H2,15,20)(H,16,17,18). The van der Waals surface area contributed by atoms with E-state index in [1.54, 1.807) is 6.33 Å². The molecule has 0 aromatic carbocycles. The lowest BCUT2D eigenvalue weighted by atomic mass is 9.96. The molecule has 1 aliphatic heterocycles. The van der Waals surface area contributed by atoms with Crippen LogP contribution < -0.4 is 16.0 Å². The highest BCUT2D eigenvalue weighted by Crippen LogP contribution is 2.32. The number of hydrogen-bond acceptors (Lipinski definition) is 5. The van der Waals surface area contributed by atoms with Gasteiger partial charge in [-0.25, -0.2) is 9.97 Å². The Morgan fingerprint density at radius 2 is 2.25 bits per heavy atom. The monoisotopic (exact) mass is 277 g/mol. The second kappa shape index (κ2) is 6.07. The first-order valence-electron chi connectivity index (χ1n) is 7.11. The van der Waals surface area contributed by atoms with Gasteiger partial charge in [-0.3, -0.25) is 4.79 Å². The first-order valence-corrected chi connectivity index (χ1v) is 7.11. The summed E-state index contributed by atoms with van der Waals surface area (Å²) in [7, 11) is 1.86. The minimum absolute atomic E-state index is 0.0863. The molecule has 110 valence electrons. The summed E-state index contributed by atoms with van der Waals surface area (Å²) in [6.07, 6.45) is 3.40. The summed E-state index contributed by atoms with van der Waals surface area (Å²) < 4.78 is 0. The fraction of sp³-hybridized carbons (Fsp3) is 0.643. The summed E-state index contributed by atoms with van der Waals surface area (Å²) in [5, 5.41) is 3.12. The van der Waals surface area contributed by atoms with E-state index in [4.69, 9.17) is 5.73 Å². The molecular formula is C14H23N5O. The molecule has 1 saturated heterocycles. The zero-order chi connectivity index (χ0) is 14.7. The van der Waals surface area contributed by atoms with E-state index in [2.05, 4.69) is 34.0 Å². The third kappa shape index (κ3) is 2.84. The number of nitrogens with zero attached hydrogens (tertiary/aromatic N) is 3. The fourth-order valence-corrected chi connectivity index (χ4v) is 2.77. The second-order valence-corrected chi connectivity index (χ2v) is 5.55. The van der Waals surface area contributed by atoms with Crippen molar-refractivity contribution in [2.24, 2.45) is 11.7 Å². The van der Waals surface area contributed by atoms with Gasteiger partial charge in [0.2, 0.25) is 5.91 Å². The Morgan fingerprint density at radius 3 is 2.85 bits per heavy atom. The first kappa shape index (κ1) is 14.6. The van der Waals surface area contributed by atoms with Gasteiger partial charge in [-0.2, -0.15) is 0 Å². The number of amides is 1. The van der Waals surface area contributed by atoms with E-state index >= 15 is 0 Å². The van der Waals surface area contributed by atoms with Crippen molar-refractivity contribution in [3.05, 3.63) is 11.9 Å². The van der Waals surface area contributed by atoms with Gasteiger partial charge in [-0.1, -0.05) is 13.8 Å². The maximum Gasteiger partial charge on any atom is 0.222 e. The second-order valence-electron chi connectivity index (χ2n) is 5.55. The molecule has 0 bridgehead atoms. The number of aromatic nitrogens is 2. The lowest BCUT2D eigenvalue weighted by Crippen LogP contribution is -2.42. The van der Waals surface area contributed by atoms with Crippen molar-refractivity contribution in [3.8, 4) is 0 Å². The number of nitrogens with one attached hydrogen (secondary N) is 1. The van der Waals surface area contributed by atoms with Crippen molar-refractivity contribution in [1.29, 1.82) is 0 Å². The van der Waals surface area contributed by atoms with Crippen molar-refractivity contribution >= 4 is 17.5 Å². The zero-order valence-corrected chi connectivity index (χ0v) is 12.4. The number of carbonyl (C=O) groups excluding carboxylic acids is 1. The smallest absolute Gasteiger partial charge is 0.222 e. The SMILES string of the molecule is CNc1ncnc(N2CCCC(C(N)=O)C2)c1C(C)C. The Hall–Kier alpha value is -1.85. The van der Waals surface area contributed by atoms with Crippen LogP contribution in [0.2, 0.25) is 0 Å². The number of primary amides is 1. The van der Waals surface area contributed by atoms with Crippen LogP contribution in [-0.4, -0.2) is 36.0 Å². The van der Waals surface area contributed by atoms with E-state index in [1.165, 1.54) is 0 Å². The highest BCUT2D eigenvalue weighted by Gasteiger charge is 2.27. The average molecular weight is 277 g/mol. The highest BCUT2D eigenvalue weighted by atomic mass is 16.1. The van der Waals surface area contributed by atoms with Crippen molar-refractivity contribution < 1.29 is 4.79 Å². The topological polar surface area (TPSA) is 84.1 Å². The molecule has 0 aliphatic carbocycles. The minimum Gasteiger partial charge on any atom is -0.373 e. The molecule has 6 nitrogen and oxygen atoms in total. The summed E-state index contributed by atoms with van der Waals surface area (Å²) >= 11 is 0. The van der Waals surface area contributed by atoms with E-state index in [9.17, 15) is 4.79 Å². The quantitative estimate of drug-likeness (QED) is 0.867.